The van der Waals surface area contributed by atoms with Gasteiger partial charge in [0.1, 0.15) is 5.60 Å². The van der Waals surface area contributed by atoms with Gasteiger partial charge in [-0.15, -0.1) is 12.6 Å². The molecule has 1 aliphatic rings. The lowest BCUT2D eigenvalue weighted by Gasteiger charge is -2.33. The van der Waals surface area contributed by atoms with Crippen LogP contribution in [0.5, 0.6) is 0 Å². The minimum Gasteiger partial charge on any atom is -0.384 e. The maximum Gasteiger partial charge on any atom is 0.102 e. The Bertz CT molecular complexity index is 321. The van der Waals surface area contributed by atoms with Crippen molar-refractivity contribution in [2.45, 2.75) is 23.3 Å². The number of hydrogen-bond acceptors (Lipinski definition) is 3. The van der Waals surface area contributed by atoms with Crippen molar-refractivity contribution >= 4 is 12.6 Å². The summed E-state index contributed by atoms with van der Waals surface area (Å²) in [5.74, 6) is 0. The van der Waals surface area contributed by atoms with E-state index in [9.17, 15) is 5.11 Å². The van der Waals surface area contributed by atoms with Crippen LogP contribution in [0.1, 0.15) is 18.4 Å². The maximum absolute atomic E-state index is 10.4. The Morgan fingerprint density at radius 1 is 1.43 bits per heavy atom. The summed E-state index contributed by atoms with van der Waals surface area (Å²) >= 11 is 4.28. The molecule has 2 nitrogen and oxygen atoms in total. The Balaban J connectivity index is 2.28. The lowest BCUT2D eigenvalue weighted by atomic mass is 9.87. The van der Waals surface area contributed by atoms with Gasteiger partial charge in [0, 0.05) is 11.4 Å². The molecule has 0 spiro atoms. The van der Waals surface area contributed by atoms with Crippen molar-refractivity contribution in [3.8, 4) is 0 Å². The van der Waals surface area contributed by atoms with Gasteiger partial charge >= 0.3 is 0 Å². The average Bonchev–Trinajstić information content (AvgIpc) is 2.19. The number of benzene rings is 1. The van der Waals surface area contributed by atoms with Crippen LogP contribution in [0.15, 0.2) is 29.2 Å². The first-order valence-corrected chi connectivity index (χ1v) is 5.38. The molecule has 0 aliphatic carbocycles. The highest BCUT2D eigenvalue weighted by Gasteiger charge is 2.30. The highest BCUT2D eigenvalue weighted by Crippen LogP contribution is 2.29. The first kappa shape index (κ1) is 10.0. The van der Waals surface area contributed by atoms with Gasteiger partial charge in [-0.2, -0.15) is 0 Å². The van der Waals surface area contributed by atoms with E-state index >= 15 is 0 Å². The monoisotopic (exact) mass is 209 g/mol. The zero-order valence-electron chi connectivity index (χ0n) is 8.03. The molecule has 76 valence electrons. The second-order valence-electron chi connectivity index (χ2n) is 3.86. The molecular weight excluding hydrogens is 194 g/mol. The molecule has 1 fully saturated rings. The lowest BCUT2D eigenvalue weighted by Crippen LogP contribution is -2.43. The van der Waals surface area contributed by atoms with Gasteiger partial charge in [0.05, 0.1) is 0 Å². The molecule has 3 heteroatoms. The van der Waals surface area contributed by atoms with Gasteiger partial charge in [-0.05, 0) is 37.1 Å². The molecule has 0 radical (unpaired) electrons. The van der Waals surface area contributed by atoms with Gasteiger partial charge < -0.3 is 10.4 Å². The van der Waals surface area contributed by atoms with Crippen molar-refractivity contribution < 1.29 is 5.11 Å². The average molecular weight is 209 g/mol. The largest absolute Gasteiger partial charge is 0.384 e. The molecule has 1 saturated heterocycles. The molecule has 0 aromatic heterocycles. The number of piperidine rings is 1. The van der Waals surface area contributed by atoms with E-state index < -0.39 is 5.60 Å². The van der Waals surface area contributed by atoms with E-state index in [1.165, 1.54) is 0 Å². The summed E-state index contributed by atoms with van der Waals surface area (Å²) < 4.78 is 0. The molecule has 2 rings (SSSR count). The molecule has 1 unspecified atom stereocenters. The fourth-order valence-corrected chi connectivity index (χ4v) is 2.16. The topological polar surface area (TPSA) is 32.3 Å². The van der Waals surface area contributed by atoms with Crippen LogP contribution in [-0.2, 0) is 5.60 Å². The fourth-order valence-electron chi connectivity index (χ4n) is 1.93. The van der Waals surface area contributed by atoms with E-state index in [-0.39, 0.29) is 0 Å². The normalized spacial score (nSPS) is 27.6. The van der Waals surface area contributed by atoms with E-state index in [2.05, 4.69) is 17.9 Å². The number of β-amino-alcohol motifs (C(OH)–C–C–N with tert-alkyl or cyclic N) is 1. The van der Waals surface area contributed by atoms with Gasteiger partial charge in [0.15, 0.2) is 0 Å². The standard InChI is InChI=1S/C11H15NOS/c13-11(5-2-6-12-8-11)9-3-1-4-10(14)7-9/h1,3-4,7,12-14H,2,5-6,8H2. The summed E-state index contributed by atoms with van der Waals surface area (Å²) in [4.78, 5) is 0.904. The highest BCUT2D eigenvalue weighted by molar-refractivity contribution is 7.80. The van der Waals surface area contributed by atoms with Gasteiger partial charge in [-0.25, -0.2) is 0 Å². The fraction of sp³-hybridized carbons (Fsp3) is 0.455. The minimum atomic E-state index is -0.697. The first-order valence-electron chi connectivity index (χ1n) is 4.93. The molecule has 1 atom stereocenters. The van der Waals surface area contributed by atoms with E-state index in [1.807, 2.05) is 24.3 Å². The number of rotatable bonds is 1. The molecular formula is C11H15NOS. The summed E-state index contributed by atoms with van der Waals surface area (Å²) in [5.41, 5.74) is 0.272. The SMILES string of the molecule is OC1(c2cccc(S)c2)CCCNC1. The predicted molar refractivity (Wildman–Crippen MR) is 59.7 cm³/mol. The Labute approximate surface area is 89.7 Å². The van der Waals surface area contributed by atoms with E-state index in [4.69, 9.17) is 0 Å². The Morgan fingerprint density at radius 3 is 2.93 bits per heavy atom. The van der Waals surface area contributed by atoms with E-state index in [0.717, 1.165) is 29.8 Å². The Hall–Kier alpha value is -0.510. The molecule has 14 heavy (non-hydrogen) atoms. The van der Waals surface area contributed by atoms with Crippen LogP contribution in [-0.4, -0.2) is 18.2 Å². The predicted octanol–water partition coefficient (Wildman–Crippen LogP) is 1.55. The summed E-state index contributed by atoms with van der Waals surface area (Å²) in [6.45, 7) is 1.65. The van der Waals surface area contributed by atoms with Crippen LogP contribution in [0.2, 0.25) is 0 Å². The summed E-state index contributed by atoms with van der Waals surface area (Å²) in [6, 6.07) is 7.76. The van der Waals surface area contributed by atoms with Crippen LogP contribution in [0, 0.1) is 0 Å². The molecule has 0 saturated carbocycles. The highest BCUT2D eigenvalue weighted by atomic mass is 32.1. The minimum absolute atomic E-state index is 0.643. The number of aliphatic hydroxyl groups is 1. The number of hydrogen-bond donors (Lipinski definition) is 3. The molecule has 1 aromatic carbocycles. The third-order valence-electron chi connectivity index (χ3n) is 2.74. The van der Waals surface area contributed by atoms with Crippen molar-refractivity contribution in [1.82, 2.24) is 5.32 Å². The van der Waals surface area contributed by atoms with Gasteiger partial charge in [0.2, 0.25) is 0 Å². The number of nitrogens with one attached hydrogen (secondary N) is 1. The van der Waals surface area contributed by atoms with Gasteiger partial charge in [-0.1, -0.05) is 12.1 Å². The van der Waals surface area contributed by atoms with Crippen molar-refractivity contribution in [3.63, 3.8) is 0 Å². The lowest BCUT2D eigenvalue weighted by molar-refractivity contribution is 0.0121. The third-order valence-corrected chi connectivity index (χ3v) is 3.02. The zero-order chi connectivity index (χ0) is 10.0. The van der Waals surface area contributed by atoms with Crippen LogP contribution in [0.3, 0.4) is 0 Å². The first-order chi connectivity index (χ1) is 6.71. The van der Waals surface area contributed by atoms with E-state index in [0.29, 0.717) is 6.54 Å². The number of thiol groups is 1. The van der Waals surface area contributed by atoms with Crippen LogP contribution in [0.25, 0.3) is 0 Å². The Kier molecular flexibility index (Phi) is 2.81. The zero-order valence-corrected chi connectivity index (χ0v) is 8.93. The summed E-state index contributed by atoms with van der Waals surface area (Å²) in [6.07, 6.45) is 1.85. The smallest absolute Gasteiger partial charge is 0.102 e. The van der Waals surface area contributed by atoms with Crippen molar-refractivity contribution in [2.24, 2.45) is 0 Å². The maximum atomic E-state index is 10.4. The van der Waals surface area contributed by atoms with Crippen molar-refractivity contribution in [1.29, 1.82) is 0 Å². The van der Waals surface area contributed by atoms with E-state index in [1.54, 1.807) is 0 Å². The van der Waals surface area contributed by atoms with Gasteiger partial charge in [0.25, 0.3) is 0 Å². The molecule has 1 aromatic rings. The second kappa shape index (κ2) is 3.93. The molecule has 0 bridgehead atoms. The quantitative estimate of drug-likeness (QED) is 0.613. The second-order valence-corrected chi connectivity index (χ2v) is 4.38. The molecule has 2 N–H and O–H groups in total. The van der Waals surface area contributed by atoms with Crippen molar-refractivity contribution in [3.05, 3.63) is 29.8 Å². The van der Waals surface area contributed by atoms with Crippen molar-refractivity contribution in [2.75, 3.05) is 13.1 Å². The van der Waals surface area contributed by atoms with Gasteiger partial charge in [-0.3, -0.25) is 0 Å². The molecule has 0 amide bonds. The molecule has 1 aliphatic heterocycles. The molecule has 1 heterocycles. The van der Waals surface area contributed by atoms with Crippen LogP contribution in [0.4, 0.5) is 0 Å². The third kappa shape index (κ3) is 1.95. The van der Waals surface area contributed by atoms with Crippen LogP contribution < -0.4 is 5.32 Å². The Morgan fingerprint density at radius 2 is 2.29 bits per heavy atom. The summed E-state index contributed by atoms with van der Waals surface area (Å²) in [7, 11) is 0. The summed E-state index contributed by atoms with van der Waals surface area (Å²) in [5, 5.41) is 13.6. The van der Waals surface area contributed by atoms with Crippen LogP contribution >= 0.6 is 12.6 Å².